The summed E-state index contributed by atoms with van der Waals surface area (Å²) in [6.45, 7) is 1.72. The number of rotatable bonds is 5. The maximum atomic E-state index is 12.2. The van der Waals surface area contributed by atoms with E-state index in [-0.39, 0.29) is 26.7 Å². The Labute approximate surface area is 130 Å². The largest absolute Gasteiger partial charge is 0.309 e. The van der Waals surface area contributed by atoms with Crippen LogP contribution < -0.4 is 5.32 Å². The molecule has 0 fully saturated rings. The lowest BCUT2D eigenvalue weighted by Gasteiger charge is -2.14. The van der Waals surface area contributed by atoms with Crippen molar-refractivity contribution in [1.82, 2.24) is 10.2 Å². The summed E-state index contributed by atoms with van der Waals surface area (Å²) in [4.78, 5) is 2.29. The van der Waals surface area contributed by atoms with Crippen LogP contribution in [0.1, 0.15) is 18.0 Å². The van der Waals surface area contributed by atoms with Gasteiger partial charge in [0.15, 0.2) is 9.84 Å². The molecule has 1 aliphatic heterocycles. The van der Waals surface area contributed by atoms with Crippen molar-refractivity contribution in [2.24, 2.45) is 0 Å². The van der Waals surface area contributed by atoms with Gasteiger partial charge in [0.2, 0.25) is 0 Å². The molecule has 0 radical (unpaired) electrons. The summed E-state index contributed by atoms with van der Waals surface area (Å²) in [7, 11) is 0.671. The smallest absolute Gasteiger partial charge is 0.182 e. The van der Waals surface area contributed by atoms with Gasteiger partial charge in [-0.05, 0) is 45.2 Å². The van der Waals surface area contributed by atoms with E-state index in [1.54, 1.807) is 12.1 Å². The Morgan fingerprint density at radius 3 is 2.70 bits per heavy atom. The SMILES string of the molecule is CN(C)CCCNC1CS(=O)(=O)c2c1ccc(Cl)c2Cl. The van der Waals surface area contributed by atoms with Gasteiger partial charge in [0, 0.05) is 6.04 Å². The van der Waals surface area contributed by atoms with Gasteiger partial charge < -0.3 is 10.2 Å². The van der Waals surface area contributed by atoms with Gasteiger partial charge in [-0.1, -0.05) is 29.3 Å². The maximum Gasteiger partial charge on any atom is 0.182 e. The van der Waals surface area contributed by atoms with Crippen molar-refractivity contribution >= 4 is 33.0 Å². The third-order valence-corrected chi connectivity index (χ3v) is 6.08. The molecular formula is C13H18Cl2N2O2S. The second-order valence-corrected chi connectivity index (χ2v) is 7.98. The fourth-order valence-electron chi connectivity index (χ4n) is 2.37. The molecule has 112 valence electrons. The average molecular weight is 337 g/mol. The first-order valence-electron chi connectivity index (χ1n) is 6.41. The van der Waals surface area contributed by atoms with E-state index in [0.717, 1.165) is 25.1 Å². The van der Waals surface area contributed by atoms with Crippen LogP contribution in [0.25, 0.3) is 0 Å². The first-order valence-corrected chi connectivity index (χ1v) is 8.82. The van der Waals surface area contributed by atoms with Gasteiger partial charge >= 0.3 is 0 Å². The lowest BCUT2D eigenvalue weighted by atomic mass is 10.1. The van der Waals surface area contributed by atoms with E-state index in [0.29, 0.717) is 0 Å². The number of halogens is 2. The zero-order valence-corrected chi connectivity index (χ0v) is 13.8. The molecule has 1 aliphatic rings. The van der Waals surface area contributed by atoms with Crippen LogP contribution >= 0.6 is 23.2 Å². The van der Waals surface area contributed by atoms with Gasteiger partial charge in [0.05, 0.1) is 20.7 Å². The van der Waals surface area contributed by atoms with Crippen molar-refractivity contribution in [2.75, 3.05) is 32.9 Å². The third-order valence-electron chi connectivity index (χ3n) is 3.33. The van der Waals surface area contributed by atoms with Crippen LogP contribution in [-0.2, 0) is 9.84 Å². The molecular weight excluding hydrogens is 319 g/mol. The summed E-state index contributed by atoms with van der Waals surface area (Å²) in [5.41, 5.74) is 0.726. The first-order chi connectivity index (χ1) is 9.33. The Bertz CT molecular complexity index is 603. The second kappa shape index (κ2) is 6.20. The number of nitrogens with one attached hydrogen (secondary N) is 1. The van der Waals surface area contributed by atoms with E-state index >= 15 is 0 Å². The quantitative estimate of drug-likeness (QED) is 0.838. The number of benzene rings is 1. The number of hydrogen-bond donors (Lipinski definition) is 1. The van der Waals surface area contributed by atoms with E-state index < -0.39 is 9.84 Å². The Morgan fingerprint density at radius 1 is 1.35 bits per heavy atom. The summed E-state index contributed by atoms with van der Waals surface area (Å²) in [6, 6.07) is 3.20. The Morgan fingerprint density at radius 2 is 2.05 bits per heavy atom. The standard InChI is InChI=1S/C13H18Cl2N2O2S/c1-17(2)7-3-6-16-11-8-20(18,19)13-9(11)4-5-10(14)12(13)15/h4-5,11,16H,3,6-8H2,1-2H3. The highest BCUT2D eigenvalue weighted by atomic mass is 35.5. The van der Waals surface area contributed by atoms with Crippen molar-refractivity contribution in [2.45, 2.75) is 17.4 Å². The molecule has 1 atom stereocenters. The molecule has 0 saturated heterocycles. The van der Waals surface area contributed by atoms with Gasteiger partial charge in [0.1, 0.15) is 0 Å². The van der Waals surface area contributed by atoms with Crippen molar-refractivity contribution in [3.05, 3.63) is 27.7 Å². The molecule has 1 unspecified atom stereocenters. The van der Waals surface area contributed by atoms with E-state index in [2.05, 4.69) is 10.2 Å². The van der Waals surface area contributed by atoms with Gasteiger partial charge in [-0.3, -0.25) is 0 Å². The fourth-order valence-corrected chi connectivity index (χ4v) is 4.96. The molecule has 0 aromatic heterocycles. The molecule has 20 heavy (non-hydrogen) atoms. The van der Waals surface area contributed by atoms with Crippen LogP contribution in [0.15, 0.2) is 17.0 Å². The highest BCUT2D eigenvalue weighted by Gasteiger charge is 2.37. The highest BCUT2D eigenvalue weighted by molar-refractivity contribution is 7.92. The fraction of sp³-hybridized carbons (Fsp3) is 0.538. The van der Waals surface area contributed by atoms with E-state index in [4.69, 9.17) is 23.2 Å². The molecule has 1 aromatic rings. The molecule has 0 bridgehead atoms. The molecule has 1 aromatic carbocycles. The van der Waals surface area contributed by atoms with Crippen LogP contribution in [0.5, 0.6) is 0 Å². The summed E-state index contributed by atoms with van der Waals surface area (Å²) < 4.78 is 24.4. The van der Waals surface area contributed by atoms with Gasteiger partial charge in [-0.25, -0.2) is 8.42 Å². The number of nitrogens with zero attached hydrogens (tertiary/aromatic N) is 1. The molecule has 0 saturated carbocycles. The molecule has 7 heteroatoms. The van der Waals surface area contributed by atoms with Crippen LogP contribution in [-0.4, -0.2) is 46.3 Å². The minimum Gasteiger partial charge on any atom is -0.309 e. The third kappa shape index (κ3) is 3.28. The molecule has 4 nitrogen and oxygen atoms in total. The minimum absolute atomic E-state index is 0.0460. The highest BCUT2D eigenvalue weighted by Crippen LogP contribution is 2.41. The van der Waals surface area contributed by atoms with E-state index in [1.807, 2.05) is 14.1 Å². The van der Waals surface area contributed by atoms with Crippen molar-refractivity contribution < 1.29 is 8.42 Å². The van der Waals surface area contributed by atoms with Crippen LogP contribution in [0.4, 0.5) is 0 Å². The Kier molecular flexibility index (Phi) is 4.97. The molecule has 0 aliphatic carbocycles. The second-order valence-electron chi connectivity index (χ2n) is 5.22. The molecule has 0 spiro atoms. The summed E-state index contributed by atoms with van der Waals surface area (Å²) >= 11 is 12.0. The van der Waals surface area contributed by atoms with Gasteiger partial charge in [0.25, 0.3) is 0 Å². The maximum absolute atomic E-state index is 12.2. The average Bonchev–Trinajstić information content (AvgIpc) is 2.61. The van der Waals surface area contributed by atoms with Crippen molar-refractivity contribution in [1.29, 1.82) is 0 Å². The number of fused-ring (bicyclic) bond motifs is 1. The van der Waals surface area contributed by atoms with Gasteiger partial charge in [-0.2, -0.15) is 0 Å². The summed E-state index contributed by atoms with van der Waals surface area (Å²) in [6.07, 6.45) is 0.959. The number of sulfone groups is 1. The summed E-state index contributed by atoms with van der Waals surface area (Å²) in [5.74, 6) is 0.0460. The monoisotopic (exact) mass is 336 g/mol. The normalized spacial score (nSPS) is 20.4. The zero-order valence-electron chi connectivity index (χ0n) is 11.5. The Balaban J connectivity index is 2.15. The molecule has 2 rings (SSSR count). The van der Waals surface area contributed by atoms with E-state index in [9.17, 15) is 8.42 Å². The molecule has 0 amide bonds. The lowest BCUT2D eigenvalue weighted by molar-refractivity contribution is 0.389. The topological polar surface area (TPSA) is 49.4 Å². The van der Waals surface area contributed by atoms with Gasteiger partial charge in [-0.15, -0.1) is 0 Å². The minimum atomic E-state index is -3.35. The lowest BCUT2D eigenvalue weighted by Crippen LogP contribution is -2.26. The van der Waals surface area contributed by atoms with E-state index in [1.165, 1.54) is 0 Å². The van der Waals surface area contributed by atoms with Crippen LogP contribution in [0, 0.1) is 0 Å². The molecule has 1 N–H and O–H groups in total. The van der Waals surface area contributed by atoms with Crippen molar-refractivity contribution in [3.63, 3.8) is 0 Å². The predicted molar refractivity (Wildman–Crippen MR) is 82.4 cm³/mol. The first kappa shape index (κ1) is 16.0. The summed E-state index contributed by atoms with van der Waals surface area (Å²) in [5, 5.41) is 3.71. The molecule has 1 heterocycles. The number of hydrogen-bond acceptors (Lipinski definition) is 4. The predicted octanol–water partition coefficient (Wildman–Crippen LogP) is 2.36. The van der Waals surface area contributed by atoms with Crippen LogP contribution in [0.3, 0.4) is 0 Å². The van der Waals surface area contributed by atoms with Crippen molar-refractivity contribution in [3.8, 4) is 0 Å². The zero-order chi connectivity index (χ0) is 14.9. The van der Waals surface area contributed by atoms with Crippen LogP contribution in [0.2, 0.25) is 10.0 Å². The Hall–Kier alpha value is -0.330.